The maximum atomic E-state index is 11.6. The van der Waals surface area contributed by atoms with Gasteiger partial charge < -0.3 is 15.6 Å². The molecule has 0 bridgehead atoms. The Hall–Kier alpha value is -1.47. The van der Waals surface area contributed by atoms with Crippen molar-refractivity contribution in [3.05, 3.63) is 11.6 Å². The molecule has 7 nitrogen and oxygen atoms in total. The number of nitrogens with one attached hydrogen (secondary N) is 1. The second kappa shape index (κ2) is 5.77. The van der Waals surface area contributed by atoms with Crippen LogP contribution in [-0.4, -0.2) is 50.2 Å². The van der Waals surface area contributed by atoms with Gasteiger partial charge in [0.15, 0.2) is 0 Å². The third-order valence-corrected chi connectivity index (χ3v) is 6.66. The molecule has 1 aromatic rings. The molecule has 25 heavy (non-hydrogen) atoms. The number of nitrogens with zero attached hydrogens (tertiary/aromatic N) is 4. The lowest BCUT2D eigenvalue weighted by molar-refractivity contribution is -0.120. The number of carbonyl (C=O) groups is 1. The fourth-order valence-electron chi connectivity index (χ4n) is 4.81. The smallest absolute Gasteiger partial charge is 0.220 e. The van der Waals surface area contributed by atoms with Gasteiger partial charge in [-0.3, -0.25) is 9.69 Å². The Kier molecular flexibility index (Phi) is 3.64. The number of aromatic nitrogens is 3. The summed E-state index contributed by atoms with van der Waals surface area (Å²) >= 11 is 0. The average molecular weight is 344 g/mol. The fraction of sp³-hybridized carbons (Fsp3) is 0.833. The summed E-state index contributed by atoms with van der Waals surface area (Å²) in [5.74, 6) is 3.04. The van der Waals surface area contributed by atoms with Crippen molar-refractivity contribution >= 4 is 5.91 Å². The third kappa shape index (κ3) is 2.87. The highest BCUT2D eigenvalue weighted by Gasteiger charge is 2.41. The van der Waals surface area contributed by atoms with E-state index in [4.69, 9.17) is 5.73 Å². The van der Waals surface area contributed by atoms with Crippen molar-refractivity contribution in [1.29, 1.82) is 0 Å². The van der Waals surface area contributed by atoms with E-state index in [1.165, 1.54) is 18.7 Å². The summed E-state index contributed by atoms with van der Waals surface area (Å²) in [6.07, 6.45) is 8.43. The topological polar surface area (TPSA) is 89.1 Å². The molecule has 1 spiro atoms. The van der Waals surface area contributed by atoms with Gasteiger partial charge in [0.2, 0.25) is 5.91 Å². The van der Waals surface area contributed by atoms with Gasteiger partial charge in [0, 0.05) is 43.1 Å². The summed E-state index contributed by atoms with van der Waals surface area (Å²) in [7, 11) is 0. The van der Waals surface area contributed by atoms with Crippen molar-refractivity contribution in [2.45, 2.75) is 81.5 Å². The molecule has 0 unspecified atom stereocenters. The number of amides is 1. The van der Waals surface area contributed by atoms with E-state index in [1.807, 2.05) is 0 Å². The van der Waals surface area contributed by atoms with Crippen molar-refractivity contribution < 1.29 is 4.79 Å². The van der Waals surface area contributed by atoms with Crippen LogP contribution in [0, 0.1) is 0 Å². The van der Waals surface area contributed by atoms with Crippen molar-refractivity contribution in [1.82, 2.24) is 25.0 Å². The lowest BCUT2D eigenvalue weighted by atomic mass is 9.80. The van der Waals surface area contributed by atoms with E-state index in [9.17, 15) is 4.79 Å². The molecular weight excluding hydrogens is 316 g/mol. The molecule has 7 heteroatoms. The van der Waals surface area contributed by atoms with E-state index >= 15 is 0 Å². The second-order valence-corrected chi connectivity index (χ2v) is 8.61. The van der Waals surface area contributed by atoms with Gasteiger partial charge in [0.05, 0.1) is 6.54 Å². The standard InChI is InChI=1S/C18H28N6O/c19-13-9-12(10-13)17-22-21-15(24(17)14-1-2-14)11-23-7-5-18(6-8-23)4-3-16(25)20-18/h12-14H,1-11,19H2,(H,20,25). The molecule has 2 aliphatic heterocycles. The molecule has 1 aromatic heterocycles. The summed E-state index contributed by atoms with van der Waals surface area (Å²) in [6, 6.07) is 0.958. The Morgan fingerprint density at radius 3 is 2.52 bits per heavy atom. The molecular formula is C18H28N6O. The molecule has 0 atom stereocenters. The van der Waals surface area contributed by atoms with Crippen LogP contribution in [0.3, 0.4) is 0 Å². The third-order valence-electron chi connectivity index (χ3n) is 6.66. The normalized spacial score (nSPS) is 32.0. The van der Waals surface area contributed by atoms with Crippen LogP contribution in [0.2, 0.25) is 0 Å². The van der Waals surface area contributed by atoms with Gasteiger partial charge in [-0.2, -0.15) is 0 Å². The minimum absolute atomic E-state index is 0.0744. The van der Waals surface area contributed by atoms with Crippen molar-refractivity contribution in [2.75, 3.05) is 13.1 Å². The molecule has 3 heterocycles. The first kappa shape index (κ1) is 15.8. The SMILES string of the molecule is NC1CC(c2nnc(CN3CCC4(CCC(=O)N4)CC3)n2C2CC2)C1. The Morgan fingerprint density at radius 2 is 1.92 bits per heavy atom. The van der Waals surface area contributed by atoms with Gasteiger partial charge in [-0.25, -0.2) is 0 Å². The number of hydrogen-bond acceptors (Lipinski definition) is 5. The lowest BCUT2D eigenvalue weighted by Gasteiger charge is -2.39. The predicted molar refractivity (Wildman–Crippen MR) is 92.9 cm³/mol. The summed E-state index contributed by atoms with van der Waals surface area (Å²) in [5.41, 5.74) is 6.05. The van der Waals surface area contributed by atoms with Crippen LogP contribution in [-0.2, 0) is 11.3 Å². The molecule has 2 saturated heterocycles. The second-order valence-electron chi connectivity index (χ2n) is 8.61. The van der Waals surface area contributed by atoms with E-state index in [-0.39, 0.29) is 11.4 Å². The minimum Gasteiger partial charge on any atom is -0.351 e. The molecule has 5 rings (SSSR count). The average Bonchev–Trinajstić information content (AvgIpc) is 3.23. The number of piperidine rings is 1. The van der Waals surface area contributed by atoms with Gasteiger partial charge >= 0.3 is 0 Å². The summed E-state index contributed by atoms with van der Waals surface area (Å²) < 4.78 is 2.43. The highest BCUT2D eigenvalue weighted by atomic mass is 16.2. The number of likely N-dealkylation sites (tertiary alicyclic amines) is 1. The molecule has 4 fully saturated rings. The Morgan fingerprint density at radius 1 is 1.16 bits per heavy atom. The van der Waals surface area contributed by atoms with E-state index in [0.717, 1.165) is 57.6 Å². The Bertz CT molecular complexity index is 667. The lowest BCUT2D eigenvalue weighted by Crippen LogP contribution is -2.50. The van der Waals surface area contributed by atoms with Gasteiger partial charge in [0.1, 0.15) is 11.6 Å². The first-order valence-electron chi connectivity index (χ1n) is 9.84. The fourth-order valence-corrected chi connectivity index (χ4v) is 4.81. The van der Waals surface area contributed by atoms with Crippen molar-refractivity contribution in [2.24, 2.45) is 5.73 Å². The number of nitrogens with two attached hydrogens (primary N) is 1. The zero-order valence-corrected chi connectivity index (χ0v) is 14.8. The van der Waals surface area contributed by atoms with Gasteiger partial charge in [0.25, 0.3) is 0 Å². The van der Waals surface area contributed by atoms with Gasteiger partial charge in [-0.05, 0) is 44.9 Å². The minimum atomic E-state index is 0.0744. The summed E-state index contributed by atoms with van der Waals surface area (Å²) in [4.78, 5) is 14.1. The van der Waals surface area contributed by atoms with Crippen molar-refractivity contribution in [3.63, 3.8) is 0 Å². The molecule has 2 saturated carbocycles. The molecule has 0 aromatic carbocycles. The van der Waals surface area contributed by atoms with Gasteiger partial charge in [-0.15, -0.1) is 10.2 Å². The largest absolute Gasteiger partial charge is 0.351 e. The zero-order valence-electron chi connectivity index (χ0n) is 14.8. The summed E-state index contributed by atoms with van der Waals surface area (Å²) in [6.45, 7) is 2.94. The maximum absolute atomic E-state index is 11.6. The van der Waals surface area contributed by atoms with Crippen LogP contribution in [0.1, 0.15) is 75.0 Å². The number of rotatable bonds is 4. The van der Waals surface area contributed by atoms with Crippen LogP contribution >= 0.6 is 0 Å². The van der Waals surface area contributed by atoms with Crippen LogP contribution in [0.4, 0.5) is 0 Å². The Labute approximate surface area is 148 Å². The molecule has 0 radical (unpaired) electrons. The van der Waals surface area contributed by atoms with Gasteiger partial charge in [-0.1, -0.05) is 0 Å². The highest BCUT2D eigenvalue weighted by Crippen LogP contribution is 2.42. The number of hydrogen-bond donors (Lipinski definition) is 2. The van der Waals surface area contributed by atoms with E-state index < -0.39 is 0 Å². The molecule has 1 amide bonds. The van der Waals surface area contributed by atoms with E-state index in [2.05, 4.69) is 25.0 Å². The molecule has 4 aliphatic rings. The zero-order chi connectivity index (χ0) is 17.0. The first-order valence-corrected chi connectivity index (χ1v) is 9.84. The van der Waals surface area contributed by atoms with Crippen molar-refractivity contribution in [3.8, 4) is 0 Å². The Balaban J connectivity index is 1.26. The quantitative estimate of drug-likeness (QED) is 0.853. The van der Waals surface area contributed by atoms with Crippen LogP contribution in [0.15, 0.2) is 0 Å². The van der Waals surface area contributed by atoms with Crippen LogP contribution in [0.25, 0.3) is 0 Å². The van der Waals surface area contributed by atoms with E-state index in [1.54, 1.807) is 0 Å². The number of carbonyl (C=O) groups excluding carboxylic acids is 1. The first-order chi connectivity index (χ1) is 12.1. The molecule has 3 N–H and O–H groups in total. The van der Waals surface area contributed by atoms with E-state index in [0.29, 0.717) is 24.4 Å². The van der Waals surface area contributed by atoms with Crippen LogP contribution in [0.5, 0.6) is 0 Å². The highest BCUT2D eigenvalue weighted by molar-refractivity contribution is 5.79. The van der Waals surface area contributed by atoms with Crippen LogP contribution < -0.4 is 11.1 Å². The molecule has 2 aliphatic carbocycles. The maximum Gasteiger partial charge on any atom is 0.220 e. The predicted octanol–water partition coefficient (Wildman–Crippen LogP) is 1.06. The molecule has 136 valence electrons. The monoisotopic (exact) mass is 344 g/mol. The summed E-state index contributed by atoms with van der Waals surface area (Å²) in [5, 5.41) is 12.3.